The largest absolute Gasteiger partial charge is 0.394 e. The molecule has 4 rings (SSSR count). The zero-order chi connectivity index (χ0) is 27.4. The highest BCUT2D eigenvalue weighted by Crippen LogP contribution is 2.30. The van der Waals surface area contributed by atoms with Gasteiger partial charge in [-0.3, -0.25) is 13.9 Å². The Balaban J connectivity index is 0.000000208. The minimum Gasteiger partial charge on any atom is -0.394 e. The Morgan fingerprint density at radius 1 is 0.973 bits per heavy atom. The zero-order valence-corrected chi connectivity index (χ0v) is 19.5. The molecule has 17 nitrogen and oxygen atoms in total. The van der Waals surface area contributed by atoms with Gasteiger partial charge >= 0.3 is 11.4 Å². The number of carbonyl (C=O) groups is 1. The van der Waals surface area contributed by atoms with Crippen molar-refractivity contribution in [2.24, 2.45) is 0 Å². The molecule has 17 heteroatoms. The summed E-state index contributed by atoms with van der Waals surface area (Å²) in [5, 5.41) is 47.2. The Morgan fingerprint density at radius 2 is 1.57 bits per heavy atom. The molecule has 9 N–H and O–H groups in total. The standard InChI is InChI=1S/C11H15N3O6.C9H13N3O5/c1-19-8-7(17)6(4-16)20-10(8)14-2-5(3-15)9(12)13-11(14)18;10-5-1-2-12(9(16)11-5)8-7(15)6(14)4(3-13)17-8/h2-3,6-8,10,16-17H,4H2,1H3,(H2,12,13,18);1-2,4,6-8,13-15H,3H2,(H2,10,11,16)/t6-,7-,8-,10-;4-,6-,7-,8-/m11/s1. The van der Waals surface area contributed by atoms with Crippen molar-refractivity contribution in [2.45, 2.75) is 49.1 Å². The number of aromatic nitrogens is 4. The number of nitrogen functional groups attached to an aromatic ring is 2. The van der Waals surface area contributed by atoms with Crippen LogP contribution in [-0.4, -0.2) is 108 Å². The number of ether oxygens (including phenoxy) is 3. The van der Waals surface area contributed by atoms with E-state index in [0.717, 1.165) is 9.13 Å². The average molecular weight is 528 g/mol. The Hall–Kier alpha value is -3.29. The number of hydrogen-bond acceptors (Lipinski definition) is 15. The number of aliphatic hydroxyl groups is 5. The molecule has 2 aliphatic rings. The number of nitrogens with zero attached hydrogens (tertiary/aromatic N) is 4. The van der Waals surface area contributed by atoms with Gasteiger partial charge in [0.25, 0.3) is 0 Å². The lowest BCUT2D eigenvalue weighted by molar-refractivity contribution is -0.0624. The lowest BCUT2D eigenvalue weighted by atomic mass is 10.1. The van der Waals surface area contributed by atoms with Crippen LogP contribution in [0.2, 0.25) is 0 Å². The molecule has 37 heavy (non-hydrogen) atoms. The van der Waals surface area contributed by atoms with Gasteiger partial charge in [-0.25, -0.2) is 9.59 Å². The molecule has 4 heterocycles. The van der Waals surface area contributed by atoms with Gasteiger partial charge in [0.15, 0.2) is 18.7 Å². The molecular formula is C20H28N6O11. The first kappa shape index (κ1) is 28.3. The number of anilines is 2. The number of methoxy groups -OCH3 is 1. The van der Waals surface area contributed by atoms with Crippen LogP contribution in [0, 0.1) is 0 Å². The number of aliphatic hydroxyl groups excluding tert-OH is 5. The molecule has 0 aromatic carbocycles. The summed E-state index contributed by atoms with van der Waals surface area (Å²) in [4.78, 5) is 41.2. The first-order chi connectivity index (χ1) is 17.6. The predicted molar refractivity (Wildman–Crippen MR) is 122 cm³/mol. The Kier molecular flexibility index (Phi) is 9.05. The van der Waals surface area contributed by atoms with E-state index < -0.39 is 73.7 Å². The highest BCUT2D eigenvalue weighted by Gasteiger charge is 2.45. The third-order valence-electron chi connectivity index (χ3n) is 5.82. The molecular weight excluding hydrogens is 500 g/mol. The quantitative estimate of drug-likeness (QED) is 0.174. The van der Waals surface area contributed by atoms with E-state index in [1.54, 1.807) is 0 Å². The van der Waals surface area contributed by atoms with E-state index in [9.17, 15) is 29.7 Å². The van der Waals surface area contributed by atoms with Crippen molar-refractivity contribution in [2.75, 3.05) is 31.8 Å². The monoisotopic (exact) mass is 528 g/mol. The minimum absolute atomic E-state index is 0.0185. The molecule has 2 fully saturated rings. The van der Waals surface area contributed by atoms with Crippen LogP contribution in [-0.2, 0) is 14.2 Å². The molecule has 0 bridgehead atoms. The van der Waals surface area contributed by atoms with Gasteiger partial charge in [0.2, 0.25) is 0 Å². The SMILES string of the molecule is CO[C@@H]1[C@H](O)[C@@H](CO)O[C@H]1n1cc(C=O)c(N)nc1=O.Nc1ccn([C@@H]2O[C@H](CO)[C@@H](O)[C@H]2O)c(=O)n1. The van der Waals surface area contributed by atoms with Crippen LogP contribution >= 0.6 is 0 Å². The van der Waals surface area contributed by atoms with E-state index in [1.165, 1.54) is 25.6 Å². The first-order valence-electron chi connectivity index (χ1n) is 10.9. The fraction of sp³-hybridized carbons (Fsp3) is 0.550. The van der Waals surface area contributed by atoms with Crippen molar-refractivity contribution in [1.29, 1.82) is 0 Å². The number of hydrogen-bond donors (Lipinski definition) is 7. The van der Waals surface area contributed by atoms with Crippen molar-refractivity contribution in [1.82, 2.24) is 19.1 Å². The summed E-state index contributed by atoms with van der Waals surface area (Å²) < 4.78 is 17.7. The fourth-order valence-electron chi connectivity index (χ4n) is 3.85. The Labute approximate surface area is 208 Å². The summed E-state index contributed by atoms with van der Waals surface area (Å²) in [7, 11) is 1.33. The van der Waals surface area contributed by atoms with Gasteiger partial charge in [0, 0.05) is 19.5 Å². The Morgan fingerprint density at radius 3 is 2.11 bits per heavy atom. The van der Waals surface area contributed by atoms with Crippen LogP contribution < -0.4 is 22.8 Å². The maximum absolute atomic E-state index is 11.8. The van der Waals surface area contributed by atoms with Gasteiger partial charge in [0.1, 0.15) is 48.3 Å². The van der Waals surface area contributed by atoms with Gasteiger partial charge in [0.05, 0.1) is 18.8 Å². The molecule has 0 spiro atoms. The van der Waals surface area contributed by atoms with Crippen molar-refractivity contribution < 1.29 is 44.5 Å². The lowest BCUT2D eigenvalue weighted by Gasteiger charge is -2.20. The number of rotatable bonds is 6. The van der Waals surface area contributed by atoms with Gasteiger partial charge in [-0.1, -0.05) is 0 Å². The molecule has 204 valence electrons. The molecule has 2 aromatic heterocycles. The van der Waals surface area contributed by atoms with Crippen molar-refractivity contribution >= 4 is 17.9 Å². The maximum Gasteiger partial charge on any atom is 0.351 e. The van der Waals surface area contributed by atoms with E-state index in [2.05, 4.69) is 9.97 Å². The molecule has 2 aliphatic heterocycles. The first-order valence-corrected chi connectivity index (χ1v) is 10.9. The molecule has 0 radical (unpaired) electrons. The summed E-state index contributed by atoms with van der Waals surface area (Å²) in [6, 6.07) is 1.37. The van der Waals surface area contributed by atoms with E-state index in [1.807, 2.05) is 0 Å². The zero-order valence-electron chi connectivity index (χ0n) is 19.5. The predicted octanol–water partition coefficient (Wildman–Crippen LogP) is -4.66. The highest BCUT2D eigenvalue weighted by atomic mass is 16.6. The minimum atomic E-state index is -1.31. The number of nitrogens with two attached hydrogens (primary N) is 2. The normalized spacial score (nSPS) is 31.1. The fourth-order valence-corrected chi connectivity index (χ4v) is 3.85. The summed E-state index contributed by atoms with van der Waals surface area (Å²) >= 11 is 0. The topological polar surface area (TPSA) is 268 Å². The summed E-state index contributed by atoms with van der Waals surface area (Å²) in [5.41, 5.74) is 9.33. The third-order valence-corrected chi connectivity index (χ3v) is 5.82. The van der Waals surface area contributed by atoms with Gasteiger partial charge in [-0.05, 0) is 6.07 Å². The van der Waals surface area contributed by atoms with Gasteiger partial charge in [-0.15, -0.1) is 0 Å². The Bertz CT molecular complexity index is 1210. The smallest absolute Gasteiger partial charge is 0.351 e. The molecule has 0 aliphatic carbocycles. The summed E-state index contributed by atoms with van der Waals surface area (Å²) in [6.07, 6.45) is -5.53. The van der Waals surface area contributed by atoms with Crippen molar-refractivity contribution in [3.05, 3.63) is 45.0 Å². The third kappa shape index (κ3) is 5.68. The summed E-state index contributed by atoms with van der Waals surface area (Å²) in [5.74, 6) is -0.134. The van der Waals surface area contributed by atoms with Crippen LogP contribution in [0.4, 0.5) is 11.6 Å². The molecule has 2 aromatic rings. The van der Waals surface area contributed by atoms with Crippen LogP contribution in [0.15, 0.2) is 28.0 Å². The molecule has 2 saturated heterocycles. The second-order valence-electron chi connectivity index (χ2n) is 8.10. The van der Waals surface area contributed by atoms with E-state index in [4.69, 9.17) is 35.9 Å². The maximum atomic E-state index is 11.8. The van der Waals surface area contributed by atoms with E-state index in [-0.39, 0.29) is 17.2 Å². The van der Waals surface area contributed by atoms with E-state index >= 15 is 0 Å². The molecule has 0 amide bonds. The lowest BCUT2D eigenvalue weighted by Crippen LogP contribution is -2.37. The summed E-state index contributed by atoms with van der Waals surface area (Å²) in [6.45, 7) is -0.888. The van der Waals surface area contributed by atoms with Crippen molar-refractivity contribution in [3.8, 4) is 0 Å². The van der Waals surface area contributed by atoms with Crippen LogP contribution in [0.3, 0.4) is 0 Å². The highest BCUT2D eigenvalue weighted by molar-refractivity contribution is 5.80. The van der Waals surface area contributed by atoms with Crippen LogP contribution in [0.25, 0.3) is 0 Å². The van der Waals surface area contributed by atoms with Crippen LogP contribution in [0.5, 0.6) is 0 Å². The van der Waals surface area contributed by atoms with E-state index in [0.29, 0.717) is 6.29 Å². The average Bonchev–Trinajstić information content (AvgIpc) is 3.34. The number of carbonyl (C=O) groups excluding carboxylic acids is 1. The number of aldehydes is 1. The van der Waals surface area contributed by atoms with Gasteiger partial charge in [-0.2, -0.15) is 9.97 Å². The van der Waals surface area contributed by atoms with Crippen molar-refractivity contribution in [3.63, 3.8) is 0 Å². The molecule has 0 saturated carbocycles. The second-order valence-corrected chi connectivity index (χ2v) is 8.10. The molecule has 8 atom stereocenters. The van der Waals surface area contributed by atoms with Crippen LogP contribution in [0.1, 0.15) is 22.8 Å². The molecule has 0 unspecified atom stereocenters. The second kappa shape index (κ2) is 11.8. The van der Waals surface area contributed by atoms with Gasteiger partial charge < -0.3 is 51.2 Å².